The fourth-order valence-electron chi connectivity index (χ4n) is 3.40. The molecule has 29 heavy (non-hydrogen) atoms. The molecule has 0 unspecified atom stereocenters. The molecular formula is C22H25N5O2. The third-order valence-corrected chi connectivity index (χ3v) is 5.03. The number of nitrogens with zero attached hydrogens (tertiary/aromatic N) is 4. The van der Waals surface area contributed by atoms with Gasteiger partial charge in [0.1, 0.15) is 6.26 Å². The van der Waals surface area contributed by atoms with Gasteiger partial charge >= 0.3 is 0 Å². The fraction of sp³-hybridized carbons (Fsp3) is 0.318. The molecule has 1 saturated heterocycles. The van der Waals surface area contributed by atoms with Gasteiger partial charge in [0.25, 0.3) is 5.91 Å². The average molecular weight is 391 g/mol. The highest BCUT2D eigenvalue weighted by atomic mass is 16.3. The second-order valence-electron chi connectivity index (χ2n) is 7.21. The number of amides is 1. The van der Waals surface area contributed by atoms with E-state index in [0.29, 0.717) is 24.7 Å². The molecule has 1 aliphatic rings. The van der Waals surface area contributed by atoms with E-state index in [-0.39, 0.29) is 5.91 Å². The summed E-state index contributed by atoms with van der Waals surface area (Å²) in [4.78, 5) is 25.4. The number of oxazole rings is 1. The molecule has 4 rings (SSSR count). The van der Waals surface area contributed by atoms with Gasteiger partial charge in [0.05, 0.1) is 6.54 Å². The van der Waals surface area contributed by atoms with E-state index in [1.54, 1.807) is 12.4 Å². The second kappa shape index (κ2) is 9.45. The van der Waals surface area contributed by atoms with E-state index < -0.39 is 0 Å². The van der Waals surface area contributed by atoms with Crippen LogP contribution >= 0.6 is 0 Å². The van der Waals surface area contributed by atoms with E-state index in [1.807, 2.05) is 18.2 Å². The highest BCUT2D eigenvalue weighted by Crippen LogP contribution is 2.12. The topological polar surface area (TPSA) is 74.5 Å². The first kappa shape index (κ1) is 19.3. The number of rotatable bonds is 7. The summed E-state index contributed by atoms with van der Waals surface area (Å²) >= 11 is 0. The molecule has 3 heterocycles. The van der Waals surface area contributed by atoms with Crippen molar-refractivity contribution in [3.63, 3.8) is 0 Å². The van der Waals surface area contributed by atoms with Crippen molar-refractivity contribution in [2.45, 2.75) is 19.6 Å². The van der Waals surface area contributed by atoms with Crippen molar-refractivity contribution in [2.24, 2.45) is 0 Å². The van der Waals surface area contributed by atoms with Crippen LogP contribution in [0.1, 0.15) is 27.5 Å². The van der Waals surface area contributed by atoms with Crippen LogP contribution in [0.25, 0.3) is 0 Å². The van der Waals surface area contributed by atoms with Crippen LogP contribution in [0, 0.1) is 0 Å². The summed E-state index contributed by atoms with van der Waals surface area (Å²) in [5, 5.41) is 2.84. The van der Waals surface area contributed by atoms with Gasteiger partial charge in [0.15, 0.2) is 5.69 Å². The van der Waals surface area contributed by atoms with E-state index in [1.165, 1.54) is 11.8 Å². The first-order chi connectivity index (χ1) is 14.3. The molecule has 2 aromatic heterocycles. The maximum atomic E-state index is 12.3. The van der Waals surface area contributed by atoms with Gasteiger partial charge in [-0.25, -0.2) is 4.98 Å². The lowest BCUT2D eigenvalue weighted by molar-refractivity contribution is 0.0945. The number of carbonyl (C=O) groups is 1. The maximum Gasteiger partial charge on any atom is 0.273 e. The van der Waals surface area contributed by atoms with Crippen molar-refractivity contribution in [2.75, 3.05) is 26.2 Å². The lowest BCUT2D eigenvalue weighted by Gasteiger charge is -2.34. The van der Waals surface area contributed by atoms with Crippen LogP contribution in [0.2, 0.25) is 0 Å². The van der Waals surface area contributed by atoms with Gasteiger partial charge in [-0.05, 0) is 17.2 Å². The SMILES string of the molecule is O=C(NCc1cccnc1)c1coc(CN2CCN(Cc3ccccc3)CC2)n1. The molecule has 0 spiro atoms. The van der Waals surface area contributed by atoms with E-state index in [4.69, 9.17) is 4.42 Å². The van der Waals surface area contributed by atoms with Gasteiger partial charge in [0.2, 0.25) is 5.89 Å². The predicted octanol–water partition coefficient (Wildman–Crippen LogP) is 2.32. The van der Waals surface area contributed by atoms with Crippen LogP contribution in [0.4, 0.5) is 0 Å². The summed E-state index contributed by atoms with van der Waals surface area (Å²) in [5.74, 6) is 0.338. The minimum absolute atomic E-state index is 0.239. The Hall–Kier alpha value is -3.03. The maximum absolute atomic E-state index is 12.3. The zero-order chi connectivity index (χ0) is 19.9. The van der Waals surface area contributed by atoms with Crippen LogP contribution in [0.3, 0.4) is 0 Å². The van der Waals surface area contributed by atoms with Gasteiger partial charge in [-0.15, -0.1) is 0 Å². The third-order valence-electron chi connectivity index (χ3n) is 5.03. The molecule has 3 aromatic rings. The molecule has 7 heteroatoms. The minimum Gasteiger partial charge on any atom is -0.447 e. The second-order valence-corrected chi connectivity index (χ2v) is 7.21. The number of benzene rings is 1. The zero-order valence-corrected chi connectivity index (χ0v) is 16.3. The first-order valence-electron chi connectivity index (χ1n) is 9.86. The van der Waals surface area contributed by atoms with Gasteiger partial charge in [-0.2, -0.15) is 0 Å². The molecule has 150 valence electrons. The van der Waals surface area contributed by atoms with Crippen LogP contribution in [0.5, 0.6) is 0 Å². The van der Waals surface area contributed by atoms with Crippen molar-refractivity contribution in [1.29, 1.82) is 0 Å². The quantitative estimate of drug-likeness (QED) is 0.666. The number of piperazine rings is 1. The molecule has 1 N–H and O–H groups in total. The van der Waals surface area contributed by atoms with Crippen molar-refractivity contribution in [1.82, 2.24) is 25.1 Å². The molecular weight excluding hydrogens is 366 g/mol. The van der Waals surface area contributed by atoms with Gasteiger partial charge < -0.3 is 9.73 Å². The van der Waals surface area contributed by atoms with Crippen LogP contribution in [-0.2, 0) is 19.6 Å². The van der Waals surface area contributed by atoms with E-state index in [0.717, 1.165) is 38.3 Å². The molecule has 1 aromatic carbocycles. The number of pyridine rings is 1. The molecule has 1 fully saturated rings. The lowest BCUT2D eigenvalue weighted by atomic mass is 10.2. The van der Waals surface area contributed by atoms with Gasteiger partial charge in [-0.3, -0.25) is 19.6 Å². The fourth-order valence-corrected chi connectivity index (χ4v) is 3.40. The van der Waals surface area contributed by atoms with E-state index in [9.17, 15) is 4.79 Å². The van der Waals surface area contributed by atoms with E-state index in [2.05, 4.69) is 49.4 Å². The highest BCUT2D eigenvalue weighted by Gasteiger charge is 2.20. The zero-order valence-electron chi connectivity index (χ0n) is 16.3. The largest absolute Gasteiger partial charge is 0.447 e. The monoisotopic (exact) mass is 391 g/mol. The van der Waals surface area contributed by atoms with E-state index >= 15 is 0 Å². The van der Waals surface area contributed by atoms with Crippen molar-refractivity contribution in [3.8, 4) is 0 Å². The third kappa shape index (κ3) is 5.49. The highest BCUT2D eigenvalue weighted by molar-refractivity contribution is 5.91. The Kier molecular flexibility index (Phi) is 6.29. The van der Waals surface area contributed by atoms with Crippen molar-refractivity contribution < 1.29 is 9.21 Å². The molecule has 1 amide bonds. The number of hydrogen-bond donors (Lipinski definition) is 1. The Bertz CT molecular complexity index is 905. The molecule has 7 nitrogen and oxygen atoms in total. The number of hydrogen-bond acceptors (Lipinski definition) is 6. The number of nitrogens with one attached hydrogen (secondary N) is 1. The summed E-state index contributed by atoms with van der Waals surface area (Å²) in [6.45, 7) is 5.94. The van der Waals surface area contributed by atoms with Crippen LogP contribution in [0.15, 0.2) is 65.5 Å². The normalized spacial score (nSPS) is 15.3. The predicted molar refractivity (Wildman–Crippen MR) is 109 cm³/mol. The first-order valence-corrected chi connectivity index (χ1v) is 9.86. The standard InChI is InChI=1S/C22H25N5O2/c28-22(24-14-19-7-4-8-23-13-19)20-17-29-21(25-20)16-27-11-9-26(10-12-27)15-18-5-2-1-3-6-18/h1-8,13,17H,9-12,14-16H2,(H,24,28). The Morgan fingerprint density at radius 1 is 0.966 bits per heavy atom. The molecule has 0 bridgehead atoms. The van der Waals surface area contributed by atoms with Crippen LogP contribution < -0.4 is 5.32 Å². The molecule has 0 radical (unpaired) electrons. The average Bonchev–Trinajstić information content (AvgIpc) is 3.23. The summed E-state index contributed by atoms with van der Waals surface area (Å²) in [5.41, 5.74) is 2.60. The molecule has 0 atom stereocenters. The smallest absolute Gasteiger partial charge is 0.273 e. The number of aromatic nitrogens is 2. The van der Waals surface area contributed by atoms with Gasteiger partial charge in [0, 0.05) is 51.7 Å². The summed E-state index contributed by atoms with van der Waals surface area (Å²) < 4.78 is 5.52. The minimum atomic E-state index is -0.239. The Balaban J connectivity index is 1.23. The lowest BCUT2D eigenvalue weighted by Crippen LogP contribution is -2.45. The van der Waals surface area contributed by atoms with Gasteiger partial charge in [-0.1, -0.05) is 36.4 Å². The van der Waals surface area contributed by atoms with Crippen molar-refractivity contribution >= 4 is 5.91 Å². The number of carbonyl (C=O) groups excluding carboxylic acids is 1. The molecule has 0 saturated carbocycles. The Morgan fingerprint density at radius 2 is 1.69 bits per heavy atom. The van der Waals surface area contributed by atoms with Crippen LogP contribution in [-0.4, -0.2) is 51.9 Å². The Labute approximate surface area is 170 Å². The summed E-state index contributed by atoms with van der Waals surface area (Å²) in [7, 11) is 0. The summed E-state index contributed by atoms with van der Waals surface area (Å²) in [6.07, 6.45) is 4.86. The summed E-state index contributed by atoms with van der Waals surface area (Å²) in [6, 6.07) is 14.3. The molecule has 1 aliphatic heterocycles. The Morgan fingerprint density at radius 3 is 2.41 bits per heavy atom. The van der Waals surface area contributed by atoms with Crippen molar-refractivity contribution in [3.05, 3.63) is 83.8 Å². The molecule has 0 aliphatic carbocycles.